The Bertz CT molecular complexity index is 861. The summed E-state index contributed by atoms with van der Waals surface area (Å²) in [6.45, 7) is 4.11. The first-order valence-corrected chi connectivity index (χ1v) is 10.6. The minimum Gasteiger partial charge on any atom is -0.448 e. The van der Waals surface area contributed by atoms with E-state index < -0.39 is 0 Å². The Morgan fingerprint density at radius 3 is 2.74 bits per heavy atom. The van der Waals surface area contributed by atoms with Gasteiger partial charge < -0.3 is 14.6 Å². The van der Waals surface area contributed by atoms with Crippen LogP contribution in [-0.4, -0.2) is 42.0 Å². The summed E-state index contributed by atoms with van der Waals surface area (Å²) in [4.78, 5) is 19.4. The number of carbonyl (C=O) groups excluding carboxylic acids is 1. The zero-order valence-corrected chi connectivity index (χ0v) is 16.3. The number of rotatable bonds is 6. The number of benzene rings is 1. The number of fused-ring (bicyclic) bond motifs is 1. The molecule has 5 nitrogen and oxygen atoms in total. The lowest BCUT2D eigenvalue weighted by atomic mass is 10.2. The van der Waals surface area contributed by atoms with Crippen molar-refractivity contribution in [1.29, 1.82) is 0 Å². The number of thiazole rings is 1. The van der Waals surface area contributed by atoms with Gasteiger partial charge in [0.2, 0.25) is 0 Å². The number of nitrogens with one attached hydrogen (secondary N) is 1. The molecule has 0 radical (unpaired) electrons. The first kappa shape index (κ1) is 18.2. The Morgan fingerprint density at radius 1 is 1.11 bits per heavy atom. The molecule has 2 aromatic heterocycles. The van der Waals surface area contributed by atoms with E-state index in [0.29, 0.717) is 18.1 Å². The van der Waals surface area contributed by atoms with Crippen LogP contribution in [0.25, 0.3) is 21.0 Å². The highest BCUT2D eigenvalue weighted by molar-refractivity contribution is 7.21. The number of likely N-dealkylation sites (tertiary alicyclic amines) is 1. The zero-order chi connectivity index (χ0) is 18.5. The number of aromatic nitrogens is 1. The van der Waals surface area contributed by atoms with Gasteiger partial charge in [-0.2, -0.15) is 0 Å². The highest BCUT2D eigenvalue weighted by Gasteiger charge is 2.15. The third-order valence-electron chi connectivity index (χ3n) is 4.97. The van der Waals surface area contributed by atoms with Gasteiger partial charge in [0.1, 0.15) is 0 Å². The predicted molar refractivity (Wildman–Crippen MR) is 109 cm³/mol. The zero-order valence-electron chi connectivity index (χ0n) is 15.4. The predicted octanol–water partition coefficient (Wildman–Crippen LogP) is 4.55. The molecule has 1 aliphatic rings. The molecular formula is C21H25N3O2S. The van der Waals surface area contributed by atoms with Gasteiger partial charge in [-0.15, -0.1) is 11.3 Å². The molecule has 0 unspecified atom stereocenters. The average Bonchev–Trinajstić information content (AvgIpc) is 3.26. The van der Waals surface area contributed by atoms with Crippen molar-refractivity contribution in [3.05, 3.63) is 42.2 Å². The van der Waals surface area contributed by atoms with Crippen LogP contribution in [0.3, 0.4) is 0 Å². The number of furan rings is 1. The molecule has 4 rings (SSSR count). The van der Waals surface area contributed by atoms with Crippen molar-refractivity contribution in [3.63, 3.8) is 0 Å². The third kappa shape index (κ3) is 4.57. The lowest BCUT2D eigenvalue weighted by Crippen LogP contribution is -2.30. The standard InChI is InChI=1S/C21H25N3O2S/c25-20(22-12-7-15-24-13-5-1-2-6-14-24)17-10-11-18(26-17)21-23-16-8-3-4-9-19(16)27-21/h3-4,8-11H,1-2,5-7,12-15H2,(H,22,25). The van der Waals surface area contributed by atoms with Gasteiger partial charge in [-0.1, -0.05) is 25.0 Å². The van der Waals surface area contributed by atoms with Crippen LogP contribution >= 0.6 is 11.3 Å². The molecule has 3 heterocycles. The number of amides is 1. The second-order valence-corrected chi connectivity index (χ2v) is 8.05. The number of hydrogen-bond donors (Lipinski definition) is 1. The van der Waals surface area contributed by atoms with Crippen LogP contribution in [-0.2, 0) is 0 Å². The van der Waals surface area contributed by atoms with Gasteiger partial charge in [0.25, 0.3) is 5.91 Å². The number of nitrogens with zero attached hydrogens (tertiary/aromatic N) is 2. The van der Waals surface area contributed by atoms with Crippen molar-refractivity contribution in [1.82, 2.24) is 15.2 Å². The summed E-state index contributed by atoms with van der Waals surface area (Å²) in [7, 11) is 0. The molecule has 1 N–H and O–H groups in total. The molecule has 0 atom stereocenters. The molecule has 1 aliphatic heterocycles. The van der Waals surface area contributed by atoms with Gasteiger partial charge in [-0.05, 0) is 63.2 Å². The molecule has 142 valence electrons. The molecular weight excluding hydrogens is 358 g/mol. The summed E-state index contributed by atoms with van der Waals surface area (Å²) < 4.78 is 6.86. The van der Waals surface area contributed by atoms with E-state index in [1.165, 1.54) is 38.8 Å². The quantitative estimate of drug-likeness (QED) is 0.634. The average molecular weight is 384 g/mol. The second-order valence-electron chi connectivity index (χ2n) is 7.02. The molecule has 0 aliphatic carbocycles. The Hall–Kier alpha value is -2.18. The molecule has 27 heavy (non-hydrogen) atoms. The molecule has 1 fully saturated rings. The number of para-hydroxylation sites is 1. The van der Waals surface area contributed by atoms with Gasteiger partial charge in [0.05, 0.1) is 10.2 Å². The topological polar surface area (TPSA) is 58.4 Å². The Morgan fingerprint density at radius 2 is 1.93 bits per heavy atom. The first-order valence-electron chi connectivity index (χ1n) is 9.76. The van der Waals surface area contributed by atoms with Crippen molar-refractivity contribution < 1.29 is 9.21 Å². The molecule has 1 amide bonds. The molecule has 1 saturated heterocycles. The normalized spacial score (nSPS) is 15.7. The highest BCUT2D eigenvalue weighted by Crippen LogP contribution is 2.31. The van der Waals surface area contributed by atoms with Crippen LogP contribution in [0.15, 0.2) is 40.8 Å². The molecule has 1 aromatic carbocycles. The van der Waals surface area contributed by atoms with E-state index in [4.69, 9.17) is 4.42 Å². The third-order valence-corrected chi connectivity index (χ3v) is 6.02. The van der Waals surface area contributed by atoms with Gasteiger partial charge >= 0.3 is 0 Å². The van der Waals surface area contributed by atoms with Crippen LogP contribution in [0.1, 0.15) is 42.7 Å². The lowest BCUT2D eigenvalue weighted by Gasteiger charge is -2.19. The van der Waals surface area contributed by atoms with E-state index in [9.17, 15) is 4.79 Å². The van der Waals surface area contributed by atoms with E-state index in [1.807, 2.05) is 30.3 Å². The number of carbonyl (C=O) groups is 1. The van der Waals surface area contributed by atoms with Gasteiger partial charge in [0, 0.05) is 6.54 Å². The SMILES string of the molecule is O=C(NCCCN1CCCCCC1)c1ccc(-c2nc3ccccc3s2)o1. The smallest absolute Gasteiger partial charge is 0.287 e. The molecule has 0 bridgehead atoms. The minimum atomic E-state index is -0.154. The fourth-order valence-electron chi connectivity index (χ4n) is 3.50. The fraction of sp³-hybridized carbons (Fsp3) is 0.429. The van der Waals surface area contributed by atoms with Gasteiger partial charge in [-0.3, -0.25) is 4.79 Å². The maximum absolute atomic E-state index is 12.3. The highest BCUT2D eigenvalue weighted by atomic mass is 32.1. The molecule has 3 aromatic rings. The van der Waals surface area contributed by atoms with Gasteiger partial charge in [0.15, 0.2) is 16.5 Å². The van der Waals surface area contributed by atoms with Crippen LogP contribution in [0.5, 0.6) is 0 Å². The van der Waals surface area contributed by atoms with Crippen LogP contribution < -0.4 is 5.32 Å². The van der Waals surface area contributed by atoms with Crippen molar-refractivity contribution in [3.8, 4) is 10.8 Å². The van der Waals surface area contributed by atoms with Crippen LogP contribution in [0.4, 0.5) is 0 Å². The largest absolute Gasteiger partial charge is 0.448 e. The minimum absolute atomic E-state index is 0.154. The van der Waals surface area contributed by atoms with Crippen molar-refractivity contribution >= 4 is 27.5 Å². The summed E-state index contributed by atoms with van der Waals surface area (Å²) in [5.41, 5.74) is 0.952. The Kier molecular flexibility index (Phi) is 5.84. The molecule has 6 heteroatoms. The monoisotopic (exact) mass is 383 g/mol. The van der Waals surface area contributed by atoms with E-state index in [2.05, 4.69) is 15.2 Å². The summed E-state index contributed by atoms with van der Waals surface area (Å²) in [6, 6.07) is 11.5. The first-order chi connectivity index (χ1) is 13.3. The Balaban J connectivity index is 1.29. The van der Waals surface area contributed by atoms with E-state index in [1.54, 1.807) is 17.4 Å². The molecule has 0 saturated carbocycles. The second kappa shape index (κ2) is 8.67. The summed E-state index contributed by atoms with van der Waals surface area (Å²) in [5.74, 6) is 0.836. The lowest BCUT2D eigenvalue weighted by molar-refractivity contribution is 0.0925. The van der Waals surface area contributed by atoms with Crippen molar-refractivity contribution in [2.45, 2.75) is 32.1 Å². The van der Waals surface area contributed by atoms with Crippen LogP contribution in [0, 0.1) is 0 Å². The summed E-state index contributed by atoms with van der Waals surface area (Å²) in [5, 5.41) is 3.77. The maximum atomic E-state index is 12.3. The van der Waals surface area contributed by atoms with E-state index in [0.717, 1.165) is 28.2 Å². The summed E-state index contributed by atoms with van der Waals surface area (Å²) >= 11 is 1.57. The van der Waals surface area contributed by atoms with Crippen LogP contribution in [0.2, 0.25) is 0 Å². The van der Waals surface area contributed by atoms with E-state index >= 15 is 0 Å². The maximum Gasteiger partial charge on any atom is 0.287 e. The van der Waals surface area contributed by atoms with Gasteiger partial charge in [-0.25, -0.2) is 4.98 Å². The number of hydrogen-bond acceptors (Lipinski definition) is 5. The molecule has 0 spiro atoms. The summed E-state index contributed by atoms with van der Waals surface area (Å²) in [6.07, 6.45) is 6.27. The Labute approximate surface area is 163 Å². The van der Waals surface area contributed by atoms with Crippen molar-refractivity contribution in [2.24, 2.45) is 0 Å². The van der Waals surface area contributed by atoms with Crippen molar-refractivity contribution in [2.75, 3.05) is 26.2 Å². The van der Waals surface area contributed by atoms with E-state index in [-0.39, 0.29) is 5.91 Å². The fourth-order valence-corrected chi connectivity index (χ4v) is 4.43.